The van der Waals surface area contributed by atoms with Crippen LogP contribution in [0.1, 0.15) is 18.9 Å². The Kier molecular flexibility index (Phi) is 8.80. The van der Waals surface area contributed by atoms with Crippen molar-refractivity contribution in [3.8, 4) is 5.75 Å². The van der Waals surface area contributed by atoms with Crippen LogP contribution in [0.4, 0.5) is 0 Å². The quantitative estimate of drug-likeness (QED) is 0.433. The third-order valence-electron chi connectivity index (χ3n) is 4.46. The Balaban J connectivity index is 2.56. The van der Waals surface area contributed by atoms with Crippen molar-refractivity contribution >= 4 is 16.1 Å². The van der Waals surface area contributed by atoms with Crippen LogP contribution in [-0.2, 0) is 11.3 Å². The first-order chi connectivity index (χ1) is 11.9. The maximum Gasteiger partial charge on any atom is 0.118 e. The summed E-state index contributed by atoms with van der Waals surface area (Å²) in [7, 11) is -1.23. The van der Waals surface area contributed by atoms with Crippen molar-refractivity contribution < 1.29 is 14.6 Å². The molecule has 0 aliphatic heterocycles. The van der Waals surface area contributed by atoms with Crippen LogP contribution in [-0.4, -0.2) is 41.1 Å². The van der Waals surface area contributed by atoms with E-state index in [2.05, 4.69) is 51.9 Å². The highest BCUT2D eigenvalue weighted by atomic mass is 28.3. The van der Waals surface area contributed by atoms with Gasteiger partial charge in [-0.1, -0.05) is 69.2 Å². The second kappa shape index (κ2) is 9.88. The molecule has 1 aromatic carbocycles. The van der Waals surface area contributed by atoms with Crippen LogP contribution in [0.15, 0.2) is 35.2 Å². The molecule has 0 saturated heterocycles. The molecule has 1 aromatic rings. The van der Waals surface area contributed by atoms with Gasteiger partial charge in [0.15, 0.2) is 0 Å². The van der Waals surface area contributed by atoms with Crippen LogP contribution >= 0.6 is 0 Å². The fraction of sp³-hybridized carbons (Fsp3) is 0.619. The number of rotatable bonds is 10. The third kappa shape index (κ3) is 8.21. The van der Waals surface area contributed by atoms with Crippen molar-refractivity contribution in [3.63, 3.8) is 0 Å². The summed E-state index contributed by atoms with van der Waals surface area (Å²) in [6.45, 7) is 17.4. The second-order valence-corrected chi connectivity index (χ2v) is 19.4. The molecule has 0 amide bonds. The van der Waals surface area contributed by atoms with Crippen LogP contribution in [0.3, 0.4) is 0 Å². The van der Waals surface area contributed by atoms with Gasteiger partial charge in [-0.05, 0) is 30.0 Å². The molecule has 0 heterocycles. The van der Waals surface area contributed by atoms with Gasteiger partial charge in [0.05, 0.1) is 36.0 Å². The van der Waals surface area contributed by atoms with Crippen molar-refractivity contribution in [3.05, 3.63) is 40.7 Å². The van der Waals surface area contributed by atoms with Gasteiger partial charge in [-0.3, -0.25) is 0 Å². The van der Waals surface area contributed by atoms with E-state index in [1.807, 2.05) is 24.3 Å². The number of methoxy groups -OCH3 is 1. The Hall–Kier alpha value is -0.886. The van der Waals surface area contributed by atoms with Crippen LogP contribution < -0.4 is 4.74 Å². The highest BCUT2D eigenvalue weighted by Crippen LogP contribution is 2.27. The van der Waals surface area contributed by atoms with Crippen molar-refractivity contribution in [1.29, 1.82) is 0 Å². The van der Waals surface area contributed by atoms with Crippen molar-refractivity contribution in [1.82, 2.24) is 0 Å². The zero-order valence-corrected chi connectivity index (χ0v) is 19.9. The first kappa shape index (κ1) is 23.2. The molecule has 0 bridgehead atoms. The van der Waals surface area contributed by atoms with Gasteiger partial charge in [-0.15, -0.1) is 0 Å². The number of hydrogen-bond acceptors (Lipinski definition) is 3. The summed E-state index contributed by atoms with van der Waals surface area (Å²) < 4.78 is 11.0. The van der Waals surface area contributed by atoms with Gasteiger partial charge < -0.3 is 14.6 Å². The maximum atomic E-state index is 11.0. The molecule has 1 rings (SSSR count). The molecule has 5 heteroatoms. The topological polar surface area (TPSA) is 38.7 Å². The van der Waals surface area contributed by atoms with Crippen LogP contribution in [0, 0.1) is 5.92 Å². The highest BCUT2D eigenvalue weighted by molar-refractivity contribution is 6.88. The number of benzene rings is 1. The van der Waals surface area contributed by atoms with Crippen LogP contribution in [0.25, 0.3) is 0 Å². The lowest BCUT2D eigenvalue weighted by Gasteiger charge is -2.32. The summed E-state index contributed by atoms with van der Waals surface area (Å²) in [5.74, 6) is 1.07. The van der Waals surface area contributed by atoms with E-state index < -0.39 is 16.1 Å². The molecule has 0 spiro atoms. The monoisotopic (exact) mass is 394 g/mol. The summed E-state index contributed by atoms with van der Waals surface area (Å²) >= 11 is 0. The molecular formula is C21H38O3Si2. The largest absolute Gasteiger partial charge is 0.497 e. The molecule has 26 heavy (non-hydrogen) atoms. The van der Waals surface area contributed by atoms with Crippen molar-refractivity contribution in [2.24, 2.45) is 5.92 Å². The Morgan fingerprint density at radius 1 is 1.08 bits per heavy atom. The Morgan fingerprint density at radius 3 is 2.12 bits per heavy atom. The molecule has 3 nitrogen and oxygen atoms in total. The molecule has 0 radical (unpaired) electrons. The van der Waals surface area contributed by atoms with Gasteiger partial charge in [-0.25, -0.2) is 0 Å². The van der Waals surface area contributed by atoms with Crippen LogP contribution in [0.2, 0.25) is 39.3 Å². The molecule has 2 atom stereocenters. The van der Waals surface area contributed by atoms with E-state index in [0.29, 0.717) is 13.2 Å². The number of hydrogen-bond donors (Lipinski definition) is 1. The molecule has 0 saturated carbocycles. The van der Waals surface area contributed by atoms with E-state index >= 15 is 0 Å². The summed E-state index contributed by atoms with van der Waals surface area (Å²) in [4.78, 5) is 0. The lowest BCUT2D eigenvalue weighted by atomic mass is 10.0. The number of ether oxygens (including phenoxy) is 2. The van der Waals surface area contributed by atoms with Gasteiger partial charge in [0.25, 0.3) is 0 Å². The molecule has 0 fully saturated rings. The van der Waals surface area contributed by atoms with Gasteiger partial charge in [0, 0.05) is 6.61 Å². The average molecular weight is 395 g/mol. The van der Waals surface area contributed by atoms with Gasteiger partial charge in [-0.2, -0.15) is 0 Å². The fourth-order valence-corrected chi connectivity index (χ4v) is 8.16. The second-order valence-electron chi connectivity index (χ2n) is 9.33. The van der Waals surface area contributed by atoms with Crippen molar-refractivity contribution in [2.75, 3.05) is 13.7 Å². The minimum Gasteiger partial charge on any atom is -0.497 e. The minimum atomic E-state index is -1.54. The Bertz CT molecular complexity index is 568. The van der Waals surface area contributed by atoms with E-state index in [1.54, 1.807) is 7.11 Å². The molecule has 0 aliphatic rings. The number of aliphatic hydroxyl groups excluding tert-OH is 1. The summed E-state index contributed by atoms with van der Waals surface area (Å²) in [5.41, 5.74) is 3.57. The Labute approximate surface area is 162 Å². The molecule has 0 aliphatic carbocycles. The van der Waals surface area contributed by atoms with E-state index in [9.17, 15) is 5.11 Å². The van der Waals surface area contributed by atoms with E-state index in [4.69, 9.17) is 9.47 Å². The van der Waals surface area contributed by atoms with Gasteiger partial charge in [0.2, 0.25) is 0 Å². The summed E-state index contributed by atoms with van der Waals surface area (Å²) in [5, 5.41) is 12.3. The molecule has 1 N–H and O–H groups in total. The third-order valence-corrected chi connectivity index (χ3v) is 8.10. The fourth-order valence-electron chi connectivity index (χ4n) is 2.86. The predicted molar refractivity (Wildman–Crippen MR) is 117 cm³/mol. The zero-order valence-electron chi connectivity index (χ0n) is 17.9. The standard InChI is InChI=1S/C21H38O3Si2/c1-17(21(22)20(26(6,7)8)16-25(3,4)5)13-14-24-15-18-9-11-19(23-2)12-10-18/h9-12,16-17,21-22H,13-15H2,1-8H3/b20-16+/t17-,21?/m0/s1. The van der Waals surface area contributed by atoms with Crippen molar-refractivity contribution in [2.45, 2.75) is 65.3 Å². The van der Waals surface area contributed by atoms with Gasteiger partial charge >= 0.3 is 0 Å². The van der Waals surface area contributed by atoms with E-state index in [0.717, 1.165) is 17.7 Å². The van der Waals surface area contributed by atoms with Crippen LogP contribution in [0.5, 0.6) is 5.75 Å². The maximum absolute atomic E-state index is 11.0. The van der Waals surface area contributed by atoms with E-state index in [1.165, 1.54) is 5.20 Å². The smallest absolute Gasteiger partial charge is 0.118 e. The molecule has 1 unspecified atom stereocenters. The Morgan fingerprint density at radius 2 is 1.65 bits per heavy atom. The zero-order chi connectivity index (χ0) is 20.0. The summed E-state index contributed by atoms with van der Waals surface area (Å²) in [6, 6.07) is 7.95. The highest BCUT2D eigenvalue weighted by Gasteiger charge is 2.30. The normalized spacial score (nSPS) is 15.7. The first-order valence-electron chi connectivity index (χ1n) is 9.56. The molecule has 148 valence electrons. The molecular weight excluding hydrogens is 356 g/mol. The number of aliphatic hydroxyl groups is 1. The predicted octanol–water partition coefficient (Wildman–Crippen LogP) is 5.28. The SMILES string of the molecule is COc1ccc(COCC[C@H](C)C(O)/C(=C\[Si](C)(C)C)[Si](C)(C)C)cc1. The lowest BCUT2D eigenvalue weighted by Crippen LogP contribution is -2.38. The molecule has 0 aromatic heterocycles. The summed E-state index contributed by atoms with van der Waals surface area (Å²) in [6.07, 6.45) is 0.517. The van der Waals surface area contributed by atoms with E-state index in [-0.39, 0.29) is 12.0 Å². The minimum absolute atomic E-state index is 0.209. The first-order valence-corrected chi connectivity index (χ1v) is 16.6. The average Bonchev–Trinajstić information content (AvgIpc) is 2.54. The van der Waals surface area contributed by atoms with Gasteiger partial charge in [0.1, 0.15) is 5.75 Å². The lowest BCUT2D eigenvalue weighted by molar-refractivity contribution is 0.0819.